The number of benzene rings is 2. The van der Waals surface area contributed by atoms with Crippen LogP contribution in [-0.4, -0.2) is 26.5 Å². The van der Waals surface area contributed by atoms with Gasteiger partial charge < -0.3 is 20.4 Å². The van der Waals surface area contributed by atoms with Gasteiger partial charge in [-0.05, 0) is 80.5 Å². The van der Waals surface area contributed by atoms with Gasteiger partial charge in [0, 0.05) is 5.92 Å². The van der Waals surface area contributed by atoms with Crippen LogP contribution >= 0.6 is 0 Å². The van der Waals surface area contributed by atoms with E-state index < -0.39 is 17.6 Å². The van der Waals surface area contributed by atoms with E-state index in [1.54, 1.807) is 6.92 Å². The number of aliphatic hydroxyl groups is 2. The summed E-state index contributed by atoms with van der Waals surface area (Å²) in [6, 6.07) is 7.75. The molecule has 4 N–H and O–H groups in total. The highest BCUT2D eigenvalue weighted by atomic mass is 16.3. The Morgan fingerprint density at radius 1 is 0.605 bits per heavy atom. The summed E-state index contributed by atoms with van der Waals surface area (Å²) >= 11 is 0. The highest BCUT2D eigenvalue weighted by Gasteiger charge is 2.44. The van der Waals surface area contributed by atoms with Crippen molar-refractivity contribution in [2.45, 2.75) is 143 Å². The van der Waals surface area contributed by atoms with Crippen molar-refractivity contribution in [2.75, 3.05) is 0 Å². The van der Waals surface area contributed by atoms with Crippen molar-refractivity contribution < 1.29 is 20.4 Å². The second-order valence-corrected chi connectivity index (χ2v) is 15.4. The average molecular weight is 527 g/mol. The fraction of sp³-hybridized carbons (Fsp3) is 0.647. The molecule has 214 valence electrons. The first-order valence-electron chi connectivity index (χ1n) is 14.0. The third-order valence-electron chi connectivity index (χ3n) is 7.87. The lowest BCUT2D eigenvalue weighted by molar-refractivity contribution is -0.0391. The molecule has 0 saturated carbocycles. The van der Waals surface area contributed by atoms with Crippen LogP contribution in [0.1, 0.15) is 143 Å². The molecule has 0 spiro atoms. The molecule has 4 heteroatoms. The van der Waals surface area contributed by atoms with Gasteiger partial charge in [0.15, 0.2) is 0 Å². The normalized spacial score (nSPS) is 16.7. The lowest BCUT2D eigenvalue weighted by Gasteiger charge is -2.41. The van der Waals surface area contributed by atoms with E-state index in [0.717, 1.165) is 27.8 Å². The van der Waals surface area contributed by atoms with E-state index in [-0.39, 0.29) is 33.2 Å². The Morgan fingerprint density at radius 2 is 0.895 bits per heavy atom. The van der Waals surface area contributed by atoms with Crippen LogP contribution in [0.2, 0.25) is 0 Å². The van der Waals surface area contributed by atoms with Crippen molar-refractivity contribution in [3.05, 3.63) is 57.6 Å². The molecule has 0 heterocycles. The molecule has 0 aliphatic rings. The third-order valence-corrected chi connectivity index (χ3v) is 7.87. The maximum Gasteiger partial charge on any atom is 0.123 e. The second-order valence-electron chi connectivity index (χ2n) is 15.4. The van der Waals surface area contributed by atoms with Gasteiger partial charge in [-0.2, -0.15) is 0 Å². The predicted octanol–water partition coefficient (Wildman–Crippen LogP) is 8.05. The molecule has 0 fully saturated rings. The molecular formula is C34H54O4. The Morgan fingerprint density at radius 3 is 1.13 bits per heavy atom. The molecule has 0 radical (unpaired) electrons. The molecule has 4 nitrogen and oxygen atoms in total. The Kier molecular flexibility index (Phi) is 8.61. The van der Waals surface area contributed by atoms with Crippen molar-refractivity contribution in [1.82, 2.24) is 0 Å². The quantitative estimate of drug-likeness (QED) is 0.318. The first-order chi connectivity index (χ1) is 16.9. The summed E-state index contributed by atoms with van der Waals surface area (Å²) in [6.07, 6.45) is -0.521. The van der Waals surface area contributed by atoms with Crippen molar-refractivity contribution in [3.63, 3.8) is 0 Å². The van der Waals surface area contributed by atoms with Gasteiger partial charge in [-0.25, -0.2) is 0 Å². The summed E-state index contributed by atoms with van der Waals surface area (Å²) in [5.41, 5.74) is 1.78. The molecule has 2 rings (SSSR count). The summed E-state index contributed by atoms with van der Waals surface area (Å²) < 4.78 is 0. The number of phenols is 2. The number of aliphatic hydroxyl groups excluding tert-OH is 1. The van der Waals surface area contributed by atoms with Gasteiger partial charge in [0.05, 0.1) is 11.7 Å². The zero-order valence-electron chi connectivity index (χ0n) is 26.5. The first-order valence-corrected chi connectivity index (χ1v) is 14.0. The van der Waals surface area contributed by atoms with Crippen molar-refractivity contribution in [3.8, 4) is 11.5 Å². The van der Waals surface area contributed by atoms with Gasteiger partial charge in [0.2, 0.25) is 0 Å². The molecule has 3 unspecified atom stereocenters. The molecule has 0 aliphatic heterocycles. The molecule has 0 amide bonds. The van der Waals surface area contributed by atoms with Crippen LogP contribution in [0, 0.1) is 0 Å². The van der Waals surface area contributed by atoms with E-state index in [2.05, 4.69) is 83.1 Å². The number of hydrogen-bond acceptors (Lipinski definition) is 4. The number of phenolic OH excluding ortho intramolecular Hbond substituents is 2. The highest BCUT2D eigenvalue weighted by Crippen LogP contribution is 2.49. The highest BCUT2D eigenvalue weighted by molar-refractivity contribution is 5.54. The second kappa shape index (κ2) is 10.2. The lowest BCUT2D eigenvalue weighted by atomic mass is 9.68. The standard InChI is InChI=1S/C34H54O4/c1-15-34(38,22-18-25(32(9,10)11)29(37)26(19-22)33(12,13)14)27(20(2)35)21-16-23(30(3,4)5)28(36)24(17-21)31(6,7)8/h16-20,27,35-38H,15H2,1-14H3. The van der Waals surface area contributed by atoms with Gasteiger partial charge in [0.25, 0.3) is 0 Å². The predicted molar refractivity (Wildman–Crippen MR) is 160 cm³/mol. The first kappa shape index (κ1) is 32.2. The van der Waals surface area contributed by atoms with E-state index in [0.29, 0.717) is 12.0 Å². The minimum atomic E-state index is -1.43. The lowest BCUT2D eigenvalue weighted by Crippen LogP contribution is -2.40. The molecule has 3 atom stereocenters. The monoisotopic (exact) mass is 526 g/mol. The molecule has 0 bridgehead atoms. The SMILES string of the molecule is CCC(O)(c1cc(C(C)(C)C)c(O)c(C(C)(C)C)c1)C(c1cc(C(C)(C)C)c(O)c(C(C)(C)C)c1)C(C)O. The zero-order chi connectivity index (χ0) is 29.8. The summed E-state index contributed by atoms with van der Waals surface area (Å²) in [6.45, 7) is 28.4. The fourth-order valence-electron chi connectivity index (χ4n) is 5.56. The third kappa shape index (κ3) is 6.23. The van der Waals surface area contributed by atoms with Gasteiger partial charge in [-0.15, -0.1) is 0 Å². The van der Waals surface area contributed by atoms with E-state index in [1.807, 2.05) is 31.2 Å². The van der Waals surface area contributed by atoms with Crippen LogP contribution in [-0.2, 0) is 27.3 Å². The molecule has 38 heavy (non-hydrogen) atoms. The zero-order valence-corrected chi connectivity index (χ0v) is 26.5. The maximum atomic E-state index is 12.6. The van der Waals surface area contributed by atoms with Crippen molar-refractivity contribution in [1.29, 1.82) is 0 Å². The Labute approximate surface area is 232 Å². The average Bonchev–Trinajstić information content (AvgIpc) is 2.71. The van der Waals surface area contributed by atoms with Crippen LogP contribution in [0.25, 0.3) is 0 Å². The maximum absolute atomic E-state index is 12.6. The van der Waals surface area contributed by atoms with E-state index in [1.165, 1.54) is 0 Å². The van der Waals surface area contributed by atoms with Gasteiger partial charge in [-0.1, -0.05) is 102 Å². The van der Waals surface area contributed by atoms with Crippen LogP contribution in [0.4, 0.5) is 0 Å². The van der Waals surface area contributed by atoms with Crippen LogP contribution in [0.15, 0.2) is 24.3 Å². The van der Waals surface area contributed by atoms with Crippen LogP contribution in [0.5, 0.6) is 11.5 Å². The topological polar surface area (TPSA) is 80.9 Å². The molecule has 0 aliphatic carbocycles. The van der Waals surface area contributed by atoms with Crippen molar-refractivity contribution >= 4 is 0 Å². The fourth-order valence-corrected chi connectivity index (χ4v) is 5.56. The summed E-state index contributed by atoms with van der Waals surface area (Å²) in [7, 11) is 0. The van der Waals surface area contributed by atoms with Gasteiger partial charge in [0.1, 0.15) is 11.5 Å². The molecule has 0 saturated heterocycles. The Balaban J connectivity index is 3.03. The van der Waals surface area contributed by atoms with Crippen LogP contribution in [0.3, 0.4) is 0 Å². The van der Waals surface area contributed by atoms with E-state index >= 15 is 0 Å². The molecule has 2 aromatic rings. The minimum Gasteiger partial charge on any atom is -0.507 e. The summed E-state index contributed by atoms with van der Waals surface area (Å²) in [4.78, 5) is 0. The molecule has 2 aromatic carbocycles. The number of aromatic hydroxyl groups is 2. The van der Waals surface area contributed by atoms with Crippen molar-refractivity contribution in [2.24, 2.45) is 0 Å². The number of rotatable bonds is 5. The minimum absolute atomic E-state index is 0.260. The largest absolute Gasteiger partial charge is 0.507 e. The summed E-state index contributed by atoms with van der Waals surface area (Å²) in [5, 5.41) is 46.5. The molecular weight excluding hydrogens is 472 g/mol. The molecule has 0 aromatic heterocycles. The Hall–Kier alpha value is -2.04. The Bertz CT molecular complexity index is 1080. The van der Waals surface area contributed by atoms with Gasteiger partial charge >= 0.3 is 0 Å². The smallest absolute Gasteiger partial charge is 0.123 e. The van der Waals surface area contributed by atoms with Crippen LogP contribution < -0.4 is 0 Å². The van der Waals surface area contributed by atoms with E-state index in [9.17, 15) is 20.4 Å². The number of hydrogen-bond donors (Lipinski definition) is 4. The summed E-state index contributed by atoms with van der Waals surface area (Å²) in [5.74, 6) is -0.135. The van der Waals surface area contributed by atoms with Gasteiger partial charge in [-0.3, -0.25) is 0 Å². The van der Waals surface area contributed by atoms with E-state index in [4.69, 9.17) is 0 Å².